The van der Waals surface area contributed by atoms with Gasteiger partial charge in [0.1, 0.15) is 23.2 Å². The van der Waals surface area contributed by atoms with Crippen molar-refractivity contribution in [3.8, 4) is 23.2 Å². The number of hydrogen-bond donors (Lipinski definition) is 2. The van der Waals surface area contributed by atoms with Gasteiger partial charge in [-0.15, -0.1) is 0 Å². The molecule has 1 aliphatic rings. The number of hydrogen-bond acceptors (Lipinski definition) is 5. The van der Waals surface area contributed by atoms with E-state index in [0.717, 1.165) is 29.7 Å². The zero-order valence-corrected chi connectivity index (χ0v) is 14.4. The molecule has 6 heteroatoms. The maximum atomic E-state index is 9.77. The zero-order valence-electron chi connectivity index (χ0n) is 14.4. The van der Waals surface area contributed by atoms with Crippen LogP contribution in [0.5, 0.6) is 0 Å². The van der Waals surface area contributed by atoms with Gasteiger partial charge in [0, 0.05) is 29.6 Å². The van der Waals surface area contributed by atoms with Crippen molar-refractivity contribution in [2.45, 2.75) is 38.0 Å². The van der Waals surface area contributed by atoms with Gasteiger partial charge in [-0.05, 0) is 44.0 Å². The van der Waals surface area contributed by atoms with E-state index in [4.69, 9.17) is 4.52 Å². The Bertz CT molecular complexity index is 970. The molecular formula is C20H19N3O3. The molecule has 1 aromatic carbocycles. The third-order valence-electron chi connectivity index (χ3n) is 4.35. The predicted molar refractivity (Wildman–Crippen MR) is 95.0 cm³/mol. The lowest BCUT2D eigenvalue weighted by molar-refractivity contribution is 0.184. The third-order valence-corrected chi connectivity index (χ3v) is 4.35. The standard InChI is InChI=1S/C20H19N3O3/c1-14(24)19-21-10-11-23(19)13-17-12-18(26-22-17)16-4-2-15(3-5-16)6-7-20(25)8-9-20/h2-5,10-12,14,24-25H,8-9,13H2,1H3/t14-/m0/s1. The van der Waals surface area contributed by atoms with E-state index in [1.165, 1.54) is 0 Å². The maximum absolute atomic E-state index is 9.77. The van der Waals surface area contributed by atoms with Gasteiger partial charge < -0.3 is 19.3 Å². The first-order chi connectivity index (χ1) is 12.5. The second-order valence-corrected chi connectivity index (χ2v) is 6.63. The van der Waals surface area contributed by atoms with Crippen LogP contribution in [0.15, 0.2) is 47.2 Å². The van der Waals surface area contributed by atoms with Crippen molar-refractivity contribution < 1.29 is 14.7 Å². The monoisotopic (exact) mass is 349 g/mol. The van der Waals surface area contributed by atoms with E-state index >= 15 is 0 Å². The van der Waals surface area contributed by atoms with Crippen LogP contribution in [0.4, 0.5) is 0 Å². The second-order valence-electron chi connectivity index (χ2n) is 6.63. The van der Waals surface area contributed by atoms with Crippen LogP contribution in [-0.4, -0.2) is 30.5 Å². The molecule has 0 bridgehead atoms. The molecule has 4 rings (SSSR count). The van der Waals surface area contributed by atoms with Crippen LogP contribution in [0.25, 0.3) is 11.3 Å². The first kappa shape index (κ1) is 16.6. The van der Waals surface area contributed by atoms with Gasteiger partial charge in [0.25, 0.3) is 0 Å². The van der Waals surface area contributed by atoms with Gasteiger partial charge in [-0.1, -0.05) is 17.0 Å². The summed E-state index contributed by atoms with van der Waals surface area (Å²) in [5.41, 5.74) is 1.74. The fourth-order valence-electron chi connectivity index (χ4n) is 2.67. The highest BCUT2D eigenvalue weighted by Gasteiger charge is 2.38. The van der Waals surface area contributed by atoms with Crippen molar-refractivity contribution in [2.75, 3.05) is 0 Å². The van der Waals surface area contributed by atoms with Gasteiger partial charge >= 0.3 is 0 Å². The largest absolute Gasteiger partial charge is 0.385 e. The summed E-state index contributed by atoms with van der Waals surface area (Å²) < 4.78 is 7.28. The maximum Gasteiger partial charge on any atom is 0.167 e. The lowest BCUT2D eigenvalue weighted by Gasteiger charge is -2.07. The van der Waals surface area contributed by atoms with Crippen molar-refractivity contribution in [3.63, 3.8) is 0 Å². The molecule has 132 valence electrons. The highest BCUT2D eigenvalue weighted by atomic mass is 16.5. The van der Waals surface area contributed by atoms with E-state index in [2.05, 4.69) is 22.0 Å². The molecule has 1 aliphatic carbocycles. The summed E-state index contributed by atoms with van der Waals surface area (Å²) in [6.07, 6.45) is 4.33. The third kappa shape index (κ3) is 3.54. The van der Waals surface area contributed by atoms with E-state index in [1.54, 1.807) is 19.3 Å². The molecule has 2 heterocycles. The molecule has 1 saturated carbocycles. The molecule has 0 amide bonds. The Labute approximate surface area is 151 Å². The Morgan fingerprint density at radius 1 is 1.31 bits per heavy atom. The summed E-state index contributed by atoms with van der Waals surface area (Å²) in [6, 6.07) is 9.52. The Hall–Kier alpha value is -2.88. The molecule has 0 aliphatic heterocycles. The van der Waals surface area contributed by atoms with Crippen molar-refractivity contribution in [1.29, 1.82) is 0 Å². The van der Waals surface area contributed by atoms with Crippen LogP contribution in [0.3, 0.4) is 0 Å². The normalized spacial score (nSPS) is 16.0. The molecular weight excluding hydrogens is 330 g/mol. The molecule has 0 radical (unpaired) electrons. The molecule has 3 aromatic rings. The quantitative estimate of drug-likeness (QED) is 0.707. The van der Waals surface area contributed by atoms with E-state index in [1.807, 2.05) is 34.9 Å². The van der Waals surface area contributed by atoms with Gasteiger partial charge in [0.05, 0.1) is 6.54 Å². The Kier molecular flexibility index (Phi) is 4.11. The van der Waals surface area contributed by atoms with E-state index < -0.39 is 11.7 Å². The summed E-state index contributed by atoms with van der Waals surface area (Å²) in [4.78, 5) is 4.15. The molecule has 26 heavy (non-hydrogen) atoms. The van der Waals surface area contributed by atoms with Crippen LogP contribution in [0, 0.1) is 11.8 Å². The van der Waals surface area contributed by atoms with Gasteiger partial charge in [-0.3, -0.25) is 0 Å². The summed E-state index contributed by atoms with van der Waals surface area (Å²) >= 11 is 0. The van der Waals surface area contributed by atoms with Crippen LogP contribution < -0.4 is 0 Å². The lowest BCUT2D eigenvalue weighted by atomic mass is 10.1. The minimum Gasteiger partial charge on any atom is -0.385 e. The van der Waals surface area contributed by atoms with E-state index in [9.17, 15) is 10.2 Å². The number of aliphatic hydroxyl groups excluding tert-OH is 1. The van der Waals surface area contributed by atoms with E-state index in [-0.39, 0.29) is 0 Å². The average molecular weight is 349 g/mol. The highest BCUT2D eigenvalue weighted by Crippen LogP contribution is 2.34. The van der Waals surface area contributed by atoms with Gasteiger partial charge in [-0.25, -0.2) is 4.98 Å². The van der Waals surface area contributed by atoms with Crippen LogP contribution >= 0.6 is 0 Å². The van der Waals surface area contributed by atoms with Crippen LogP contribution in [0.2, 0.25) is 0 Å². The number of imidazole rings is 1. The van der Waals surface area contributed by atoms with Gasteiger partial charge in [0.2, 0.25) is 0 Å². The number of rotatable bonds is 4. The zero-order chi connectivity index (χ0) is 18.1. The molecule has 0 saturated heterocycles. The average Bonchev–Trinajstić information content (AvgIpc) is 3.03. The first-order valence-corrected chi connectivity index (χ1v) is 8.53. The Morgan fingerprint density at radius 3 is 2.77 bits per heavy atom. The Morgan fingerprint density at radius 2 is 2.08 bits per heavy atom. The highest BCUT2D eigenvalue weighted by molar-refractivity contribution is 5.59. The molecule has 2 N–H and O–H groups in total. The summed E-state index contributed by atoms with van der Waals surface area (Å²) in [5, 5.41) is 23.6. The molecule has 0 spiro atoms. The topological polar surface area (TPSA) is 84.3 Å². The minimum absolute atomic E-state index is 0.478. The fraction of sp³-hybridized carbons (Fsp3) is 0.300. The lowest BCUT2D eigenvalue weighted by Crippen LogP contribution is -2.07. The second kappa shape index (κ2) is 6.45. The number of aliphatic hydroxyl groups is 2. The smallest absolute Gasteiger partial charge is 0.167 e. The van der Waals surface area contributed by atoms with Gasteiger partial charge in [0.15, 0.2) is 5.76 Å². The number of nitrogens with zero attached hydrogens (tertiary/aromatic N) is 3. The van der Waals surface area contributed by atoms with Crippen molar-refractivity contribution in [1.82, 2.24) is 14.7 Å². The summed E-state index contributed by atoms with van der Waals surface area (Å²) in [6.45, 7) is 2.16. The number of aromatic nitrogens is 3. The molecule has 1 atom stereocenters. The molecule has 6 nitrogen and oxygen atoms in total. The van der Waals surface area contributed by atoms with Crippen LogP contribution in [-0.2, 0) is 6.54 Å². The van der Waals surface area contributed by atoms with Crippen molar-refractivity contribution in [2.24, 2.45) is 0 Å². The summed E-state index contributed by atoms with van der Waals surface area (Å²) in [5.74, 6) is 7.15. The molecule has 0 unspecified atom stereocenters. The fourth-order valence-corrected chi connectivity index (χ4v) is 2.67. The SMILES string of the molecule is C[C@H](O)c1nccn1Cc1cc(-c2ccc(C#CC3(O)CC3)cc2)on1. The first-order valence-electron chi connectivity index (χ1n) is 8.53. The van der Waals surface area contributed by atoms with Gasteiger partial charge in [-0.2, -0.15) is 0 Å². The molecule has 2 aromatic heterocycles. The van der Waals surface area contributed by atoms with E-state index in [0.29, 0.717) is 18.1 Å². The van der Waals surface area contributed by atoms with Crippen molar-refractivity contribution in [3.05, 3.63) is 59.8 Å². The van der Waals surface area contributed by atoms with Crippen LogP contribution in [0.1, 0.15) is 43.0 Å². The van der Waals surface area contributed by atoms with Crippen molar-refractivity contribution >= 4 is 0 Å². The number of benzene rings is 1. The summed E-state index contributed by atoms with van der Waals surface area (Å²) in [7, 11) is 0. The minimum atomic E-state index is -0.767. The Balaban J connectivity index is 1.48. The molecule has 1 fully saturated rings. The predicted octanol–water partition coefficient (Wildman–Crippen LogP) is 2.52.